The van der Waals surface area contributed by atoms with Crippen molar-refractivity contribution in [2.75, 3.05) is 13.7 Å². The highest BCUT2D eigenvalue weighted by Crippen LogP contribution is 2.13. The van der Waals surface area contributed by atoms with Crippen LogP contribution in [0.15, 0.2) is 18.3 Å². The molecule has 0 aromatic carbocycles. The van der Waals surface area contributed by atoms with E-state index in [-0.39, 0.29) is 5.91 Å². The van der Waals surface area contributed by atoms with Crippen LogP contribution in [0.25, 0.3) is 0 Å². The van der Waals surface area contributed by atoms with Gasteiger partial charge in [-0.3, -0.25) is 4.79 Å². The molecule has 19 heavy (non-hydrogen) atoms. The second-order valence-corrected chi connectivity index (χ2v) is 4.40. The molecule has 1 N–H and O–H groups in total. The summed E-state index contributed by atoms with van der Waals surface area (Å²) in [5.41, 5.74) is 2.00. The maximum absolute atomic E-state index is 11.8. The second kappa shape index (κ2) is 6.24. The number of carbonyl (C=O) groups is 1. The summed E-state index contributed by atoms with van der Waals surface area (Å²) in [5.74, 6) is 0.386. The number of carbonyl (C=O) groups excluding carboxylic acids is 1. The van der Waals surface area contributed by atoms with E-state index in [0.717, 1.165) is 17.3 Å². The van der Waals surface area contributed by atoms with Crippen LogP contribution < -0.4 is 10.1 Å². The number of aryl methyl sites for hydroxylation is 1. The summed E-state index contributed by atoms with van der Waals surface area (Å²) in [5, 5.41) is 2.81. The molecule has 100 valence electrons. The number of nitrogens with one attached hydrogen (secondary N) is 1. The maximum Gasteiger partial charge on any atom is 0.272 e. The molecule has 0 saturated heterocycles. The molecule has 0 spiro atoms. The predicted octanol–water partition coefficient (Wildman–Crippen LogP) is 1.22. The van der Waals surface area contributed by atoms with Gasteiger partial charge < -0.3 is 10.1 Å². The molecular formula is C12H14N4O2S. The molecule has 0 aliphatic heterocycles. The molecule has 1 amide bonds. The van der Waals surface area contributed by atoms with E-state index in [1.165, 1.54) is 0 Å². The first kappa shape index (κ1) is 13.4. The van der Waals surface area contributed by atoms with E-state index in [0.29, 0.717) is 30.2 Å². The number of hydrogen-bond donors (Lipinski definition) is 1. The number of amides is 1. The fraction of sp³-hybridized carbons (Fsp3) is 0.333. The minimum absolute atomic E-state index is 0.200. The Labute approximate surface area is 115 Å². The van der Waals surface area contributed by atoms with Gasteiger partial charge in [-0.05, 0) is 19.4 Å². The van der Waals surface area contributed by atoms with Crippen LogP contribution in [0.3, 0.4) is 0 Å². The van der Waals surface area contributed by atoms with Gasteiger partial charge in [0.25, 0.3) is 5.91 Å². The maximum atomic E-state index is 11.8. The lowest BCUT2D eigenvalue weighted by Gasteiger charge is -2.07. The van der Waals surface area contributed by atoms with Gasteiger partial charge in [0.15, 0.2) is 5.69 Å². The number of rotatable bonds is 5. The molecule has 0 radical (unpaired) electrons. The van der Waals surface area contributed by atoms with Crippen molar-refractivity contribution < 1.29 is 9.53 Å². The van der Waals surface area contributed by atoms with E-state index in [1.807, 2.05) is 12.1 Å². The molecular weight excluding hydrogens is 264 g/mol. The van der Waals surface area contributed by atoms with Gasteiger partial charge in [0.05, 0.1) is 24.5 Å². The number of hydrogen-bond acceptors (Lipinski definition) is 6. The second-order valence-electron chi connectivity index (χ2n) is 3.88. The summed E-state index contributed by atoms with van der Waals surface area (Å²) < 4.78 is 13.1. The van der Waals surface area contributed by atoms with Crippen molar-refractivity contribution in [2.45, 2.75) is 13.3 Å². The summed E-state index contributed by atoms with van der Waals surface area (Å²) in [6.07, 6.45) is 2.32. The zero-order valence-corrected chi connectivity index (χ0v) is 11.5. The molecule has 2 heterocycles. The van der Waals surface area contributed by atoms with Gasteiger partial charge in [-0.25, -0.2) is 4.98 Å². The van der Waals surface area contributed by atoms with Crippen molar-refractivity contribution in [2.24, 2.45) is 0 Å². The quantitative estimate of drug-likeness (QED) is 0.890. The van der Waals surface area contributed by atoms with Crippen LogP contribution in [0.1, 0.15) is 21.7 Å². The first-order valence-electron chi connectivity index (χ1n) is 5.77. The Morgan fingerprint density at radius 1 is 1.47 bits per heavy atom. The van der Waals surface area contributed by atoms with Gasteiger partial charge in [-0.1, -0.05) is 6.07 Å². The van der Waals surface area contributed by atoms with Crippen molar-refractivity contribution in [3.8, 4) is 5.88 Å². The summed E-state index contributed by atoms with van der Waals surface area (Å²) in [7, 11) is 1.58. The van der Waals surface area contributed by atoms with E-state index in [9.17, 15) is 4.79 Å². The highest BCUT2D eigenvalue weighted by Gasteiger charge is 2.12. The van der Waals surface area contributed by atoms with E-state index in [2.05, 4.69) is 19.0 Å². The van der Waals surface area contributed by atoms with Crippen molar-refractivity contribution >= 4 is 17.6 Å². The Balaban J connectivity index is 1.90. The minimum Gasteiger partial charge on any atom is -0.481 e. The molecule has 6 nitrogen and oxygen atoms in total. The normalized spacial score (nSPS) is 10.2. The lowest BCUT2D eigenvalue weighted by molar-refractivity contribution is 0.0949. The Morgan fingerprint density at radius 3 is 3.00 bits per heavy atom. The van der Waals surface area contributed by atoms with Gasteiger partial charge in [-0.2, -0.15) is 8.75 Å². The molecule has 0 fully saturated rings. The molecule has 0 aliphatic carbocycles. The lowest BCUT2D eigenvalue weighted by atomic mass is 10.2. The van der Waals surface area contributed by atoms with E-state index >= 15 is 0 Å². The van der Waals surface area contributed by atoms with Crippen LogP contribution in [0, 0.1) is 6.92 Å². The fourth-order valence-corrected chi connectivity index (χ4v) is 2.18. The number of ether oxygens (including phenoxy) is 1. The largest absolute Gasteiger partial charge is 0.481 e. The Morgan fingerprint density at radius 2 is 2.32 bits per heavy atom. The zero-order valence-electron chi connectivity index (χ0n) is 10.7. The molecule has 0 saturated carbocycles. The number of aromatic nitrogens is 3. The molecule has 7 heteroatoms. The van der Waals surface area contributed by atoms with E-state index < -0.39 is 0 Å². The first-order valence-corrected chi connectivity index (χ1v) is 6.50. The minimum atomic E-state index is -0.200. The van der Waals surface area contributed by atoms with Gasteiger partial charge in [0, 0.05) is 18.3 Å². The van der Waals surface area contributed by atoms with Crippen molar-refractivity contribution in [3.05, 3.63) is 35.3 Å². The molecule has 2 aromatic rings. The molecule has 2 rings (SSSR count). The SMILES string of the molecule is COc1ncccc1CCNC(=O)c1nsnc1C. The highest BCUT2D eigenvalue weighted by molar-refractivity contribution is 6.99. The first-order chi connectivity index (χ1) is 9.22. The summed E-state index contributed by atoms with van der Waals surface area (Å²) in [4.78, 5) is 15.9. The van der Waals surface area contributed by atoms with Crippen LogP contribution in [0.2, 0.25) is 0 Å². The van der Waals surface area contributed by atoms with Gasteiger partial charge in [0.1, 0.15) is 0 Å². The van der Waals surface area contributed by atoms with Crippen molar-refractivity contribution in [3.63, 3.8) is 0 Å². The third kappa shape index (κ3) is 3.25. The number of nitrogens with zero attached hydrogens (tertiary/aromatic N) is 3. The average molecular weight is 278 g/mol. The van der Waals surface area contributed by atoms with Crippen molar-refractivity contribution in [1.29, 1.82) is 0 Å². The van der Waals surface area contributed by atoms with Crippen LogP contribution in [-0.4, -0.2) is 33.3 Å². The summed E-state index contributed by atoms with van der Waals surface area (Å²) in [6.45, 7) is 2.26. The molecule has 0 aliphatic rings. The monoisotopic (exact) mass is 278 g/mol. The molecule has 0 bridgehead atoms. The third-order valence-corrected chi connectivity index (χ3v) is 3.21. The van der Waals surface area contributed by atoms with Gasteiger partial charge >= 0.3 is 0 Å². The van der Waals surface area contributed by atoms with Gasteiger partial charge in [-0.15, -0.1) is 0 Å². The summed E-state index contributed by atoms with van der Waals surface area (Å²) in [6, 6.07) is 3.77. The van der Waals surface area contributed by atoms with Crippen LogP contribution in [0.5, 0.6) is 5.88 Å². The molecule has 0 unspecified atom stereocenters. The molecule has 2 aromatic heterocycles. The average Bonchev–Trinajstić information content (AvgIpc) is 2.85. The third-order valence-electron chi connectivity index (χ3n) is 2.59. The van der Waals surface area contributed by atoms with Crippen LogP contribution >= 0.6 is 11.7 Å². The Bertz CT molecular complexity index is 570. The Kier molecular flexibility index (Phi) is 4.40. The number of methoxy groups -OCH3 is 1. The lowest BCUT2D eigenvalue weighted by Crippen LogP contribution is -2.26. The Hall–Kier alpha value is -2.02. The molecule has 0 atom stereocenters. The summed E-state index contributed by atoms with van der Waals surface area (Å²) >= 11 is 1.04. The number of pyridine rings is 1. The van der Waals surface area contributed by atoms with E-state index in [4.69, 9.17) is 4.74 Å². The topological polar surface area (TPSA) is 77.0 Å². The predicted molar refractivity (Wildman–Crippen MR) is 71.5 cm³/mol. The zero-order chi connectivity index (χ0) is 13.7. The fourth-order valence-electron chi connectivity index (χ4n) is 1.63. The standard InChI is InChI=1S/C12H14N4O2S/c1-8-10(16-19-15-8)11(17)13-7-5-9-4-3-6-14-12(9)18-2/h3-4,6H,5,7H2,1-2H3,(H,13,17). The van der Waals surface area contributed by atoms with Crippen LogP contribution in [-0.2, 0) is 6.42 Å². The van der Waals surface area contributed by atoms with Crippen LogP contribution in [0.4, 0.5) is 0 Å². The highest BCUT2D eigenvalue weighted by atomic mass is 32.1. The van der Waals surface area contributed by atoms with E-state index in [1.54, 1.807) is 20.2 Å². The van der Waals surface area contributed by atoms with Crippen molar-refractivity contribution in [1.82, 2.24) is 19.0 Å². The van der Waals surface area contributed by atoms with Gasteiger partial charge in [0.2, 0.25) is 5.88 Å². The smallest absolute Gasteiger partial charge is 0.272 e.